The van der Waals surface area contributed by atoms with Crippen molar-refractivity contribution in [3.8, 4) is 0 Å². The molecule has 2 unspecified atom stereocenters. The second-order valence-corrected chi connectivity index (χ2v) is 3.85. The molecule has 1 fully saturated rings. The lowest BCUT2D eigenvalue weighted by Crippen LogP contribution is -2.50. The van der Waals surface area contributed by atoms with Crippen LogP contribution < -0.4 is 0 Å². The number of aliphatic hydroxyl groups excluding tert-OH is 1. The zero-order valence-electron chi connectivity index (χ0n) is 8.99. The molecule has 1 saturated heterocycles. The maximum absolute atomic E-state index is 9.02. The minimum absolute atomic E-state index is 0.0419. The molecule has 2 N–H and O–H groups in total. The summed E-state index contributed by atoms with van der Waals surface area (Å²) in [4.78, 5) is 2.01. The quantitative estimate of drug-likeness (QED) is 0.524. The predicted molar refractivity (Wildman–Crippen MR) is 55.6 cm³/mol. The molecule has 1 aliphatic heterocycles. The number of nitrogens with zero attached hydrogens (tertiary/aromatic N) is 1. The Kier molecular flexibility index (Phi) is 4.35. The Labute approximate surface area is 85.4 Å². The number of aliphatic hydroxyl groups is 1. The highest BCUT2D eigenvalue weighted by molar-refractivity contribution is 5.79. The van der Waals surface area contributed by atoms with Gasteiger partial charge in [-0.05, 0) is 13.3 Å². The van der Waals surface area contributed by atoms with Crippen LogP contribution >= 0.6 is 0 Å². The SMILES string of the molecule is CCCC(=N)N1CC(C)OC(CO)C1. The highest BCUT2D eigenvalue weighted by Crippen LogP contribution is 2.12. The van der Waals surface area contributed by atoms with Crippen molar-refractivity contribution in [1.82, 2.24) is 4.90 Å². The molecule has 1 aliphatic rings. The lowest BCUT2D eigenvalue weighted by Gasteiger charge is -2.37. The van der Waals surface area contributed by atoms with Crippen LogP contribution in [0.3, 0.4) is 0 Å². The van der Waals surface area contributed by atoms with Crippen LogP contribution in [0.1, 0.15) is 26.7 Å². The van der Waals surface area contributed by atoms with Gasteiger partial charge in [0.2, 0.25) is 0 Å². The fourth-order valence-corrected chi connectivity index (χ4v) is 1.76. The number of hydrogen-bond acceptors (Lipinski definition) is 3. The van der Waals surface area contributed by atoms with Crippen LogP contribution in [0, 0.1) is 5.41 Å². The summed E-state index contributed by atoms with van der Waals surface area (Å²) in [5.41, 5.74) is 0. The number of amidine groups is 1. The van der Waals surface area contributed by atoms with Crippen LogP contribution in [-0.2, 0) is 4.74 Å². The van der Waals surface area contributed by atoms with Crippen molar-refractivity contribution in [1.29, 1.82) is 5.41 Å². The molecule has 1 heterocycles. The lowest BCUT2D eigenvalue weighted by atomic mass is 10.2. The first-order valence-corrected chi connectivity index (χ1v) is 5.26. The summed E-state index contributed by atoms with van der Waals surface area (Å²) in [5, 5.41) is 16.8. The van der Waals surface area contributed by atoms with Crippen LogP contribution in [0.2, 0.25) is 0 Å². The van der Waals surface area contributed by atoms with Gasteiger partial charge in [-0.1, -0.05) is 6.92 Å². The number of ether oxygens (including phenoxy) is 1. The first-order valence-electron chi connectivity index (χ1n) is 5.26. The third-order valence-corrected chi connectivity index (χ3v) is 2.40. The molecule has 82 valence electrons. The van der Waals surface area contributed by atoms with Gasteiger partial charge in [-0.2, -0.15) is 0 Å². The van der Waals surface area contributed by atoms with E-state index in [1.807, 2.05) is 11.8 Å². The van der Waals surface area contributed by atoms with E-state index in [0.717, 1.165) is 19.4 Å². The van der Waals surface area contributed by atoms with Gasteiger partial charge in [-0.25, -0.2) is 0 Å². The van der Waals surface area contributed by atoms with E-state index < -0.39 is 0 Å². The molecule has 0 bridgehead atoms. The van der Waals surface area contributed by atoms with Crippen molar-refractivity contribution >= 4 is 5.84 Å². The van der Waals surface area contributed by atoms with Crippen LogP contribution in [0.25, 0.3) is 0 Å². The van der Waals surface area contributed by atoms with Crippen LogP contribution in [0.4, 0.5) is 0 Å². The number of nitrogens with one attached hydrogen (secondary N) is 1. The fourth-order valence-electron chi connectivity index (χ4n) is 1.76. The summed E-state index contributed by atoms with van der Waals surface area (Å²) in [6, 6.07) is 0. The Morgan fingerprint density at radius 3 is 2.86 bits per heavy atom. The highest BCUT2D eigenvalue weighted by Gasteiger charge is 2.25. The van der Waals surface area contributed by atoms with Gasteiger partial charge in [0.05, 0.1) is 24.7 Å². The van der Waals surface area contributed by atoms with Crippen molar-refractivity contribution < 1.29 is 9.84 Å². The standard InChI is InChI=1S/C10H20N2O2/c1-3-4-10(11)12-5-8(2)14-9(6-12)7-13/h8-9,11,13H,3-7H2,1-2H3. The van der Waals surface area contributed by atoms with Gasteiger partial charge in [0.15, 0.2) is 0 Å². The minimum Gasteiger partial charge on any atom is -0.394 e. The second kappa shape index (κ2) is 5.32. The van der Waals surface area contributed by atoms with Gasteiger partial charge < -0.3 is 14.7 Å². The number of morpholine rings is 1. The summed E-state index contributed by atoms with van der Waals surface area (Å²) in [6.45, 7) is 5.52. The molecule has 0 amide bonds. The maximum atomic E-state index is 9.02. The summed E-state index contributed by atoms with van der Waals surface area (Å²) < 4.78 is 5.51. The van der Waals surface area contributed by atoms with E-state index >= 15 is 0 Å². The van der Waals surface area contributed by atoms with Crippen LogP contribution in [-0.4, -0.2) is 47.7 Å². The Morgan fingerprint density at radius 2 is 2.29 bits per heavy atom. The largest absolute Gasteiger partial charge is 0.394 e. The van der Waals surface area contributed by atoms with E-state index in [9.17, 15) is 0 Å². The molecule has 0 saturated carbocycles. The Balaban J connectivity index is 2.48. The summed E-state index contributed by atoms with van der Waals surface area (Å²) in [5.74, 6) is 0.668. The van der Waals surface area contributed by atoms with Crippen molar-refractivity contribution in [2.45, 2.75) is 38.9 Å². The second-order valence-electron chi connectivity index (χ2n) is 3.85. The van der Waals surface area contributed by atoms with E-state index in [1.165, 1.54) is 0 Å². The van der Waals surface area contributed by atoms with Gasteiger partial charge >= 0.3 is 0 Å². The molecule has 2 atom stereocenters. The summed E-state index contributed by atoms with van der Waals surface area (Å²) in [6.07, 6.45) is 1.79. The van der Waals surface area contributed by atoms with Crippen molar-refractivity contribution in [2.75, 3.05) is 19.7 Å². The fraction of sp³-hybridized carbons (Fsp3) is 0.900. The molecule has 0 aliphatic carbocycles. The first-order chi connectivity index (χ1) is 6.67. The molecular weight excluding hydrogens is 180 g/mol. The van der Waals surface area contributed by atoms with E-state index in [0.29, 0.717) is 12.4 Å². The first kappa shape index (κ1) is 11.5. The van der Waals surface area contributed by atoms with Crippen LogP contribution in [0.5, 0.6) is 0 Å². The average molecular weight is 200 g/mol. The molecule has 4 heteroatoms. The third-order valence-electron chi connectivity index (χ3n) is 2.40. The maximum Gasteiger partial charge on any atom is 0.0984 e. The Bertz CT molecular complexity index is 197. The van der Waals surface area contributed by atoms with E-state index in [-0.39, 0.29) is 18.8 Å². The normalized spacial score (nSPS) is 27.8. The molecule has 0 spiro atoms. The molecule has 0 radical (unpaired) electrons. The van der Waals surface area contributed by atoms with Gasteiger partial charge in [-0.3, -0.25) is 5.41 Å². The monoisotopic (exact) mass is 200 g/mol. The van der Waals surface area contributed by atoms with E-state index in [4.69, 9.17) is 15.3 Å². The lowest BCUT2D eigenvalue weighted by molar-refractivity contribution is -0.0790. The van der Waals surface area contributed by atoms with E-state index in [1.54, 1.807) is 0 Å². The molecule has 0 aromatic carbocycles. The molecule has 4 nitrogen and oxygen atoms in total. The number of hydrogen-bond donors (Lipinski definition) is 2. The molecule has 0 aromatic rings. The predicted octanol–water partition coefficient (Wildman–Crippen LogP) is 0.845. The van der Waals surface area contributed by atoms with Gasteiger partial charge in [-0.15, -0.1) is 0 Å². The summed E-state index contributed by atoms with van der Waals surface area (Å²) in [7, 11) is 0. The van der Waals surface area contributed by atoms with Gasteiger partial charge in [0, 0.05) is 19.5 Å². The Hall–Kier alpha value is -0.610. The van der Waals surface area contributed by atoms with Gasteiger partial charge in [0.1, 0.15) is 0 Å². The van der Waals surface area contributed by atoms with Crippen molar-refractivity contribution in [3.63, 3.8) is 0 Å². The highest BCUT2D eigenvalue weighted by atomic mass is 16.5. The van der Waals surface area contributed by atoms with Crippen molar-refractivity contribution in [2.24, 2.45) is 0 Å². The molecule has 0 aromatic heterocycles. The summed E-state index contributed by atoms with van der Waals surface area (Å²) >= 11 is 0. The molecule has 1 rings (SSSR count). The third kappa shape index (κ3) is 2.96. The topological polar surface area (TPSA) is 56.6 Å². The smallest absolute Gasteiger partial charge is 0.0984 e. The minimum atomic E-state index is -0.129. The van der Waals surface area contributed by atoms with E-state index in [2.05, 4.69) is 6.92 Å². The number of rotatable bonds is 3. The zero-order chi connectivity index (χ0) is 10.6. The van der Waals surface area contributed by atoms with Crippen molar-refractivity contribution in [3.05, 3.63) is 0 Å². The van der Waals surface area contributed by atoms with Crippen LogP contribution in [0.15, 0.2) is 0 Å². The molecular formula is C10H20N2O2. The average Bonchev–Trinajstić information content (AvgIpc) is 2.17. The molecule has 14 heavy (non-hydrogen) atoms. The Morgan fingerprint density at radius 1 is 1.57 bits per heavy atom. The van der Waals surface area contributed by atoms with Gasteiger partial charge in [0.25, 0.3) is 0 Å². The zero-order valence-corrected chi connectivity index (χ0v) is 8.99.